The molecule has 0 radical (unpaired) electrons. The van der Waals surface area contributed by atoms with Crippen LogP contribution in [0.1, 0.15) is 11.1 Å². The van der Waals surface area contributed by atoms with Gasteiger partial charge in [0.2, 0.25) is 5.91 Å². The lowest BCUT2D eigenvalue weighted by Gasteiger charge is -2.12. The monoisotopic (exact) mass is 437 g/mol. The molecule has 0 heterocycles. The van der Waals surface area contributed by atoms with Gasteiger partial charge in [0, 0.05) is 9.37 Å². The van der Waals surface area contributed by atoms with E-state index in [1.807, 2.05) is 26.0 Å². The smallest absolute Gasteiger partial charge is 0.338 e. The van der Waals surface area contributed by atoms with Crippen molar-refractivity contribution in [1.82, 2.24) is 10.9 Å². The molecule has 3 N–H and O–H groups in total. The van der Waals surface area contributed by atoms with Crippen LogP contribution >= 0.6 is 27.7 Å². The summed E-state index contributed by atoms with van der Waals surface area (Å²) in [5.41, 5.74) is 7.41. The van der Waals surface area contributed by atoms with E-state index in [2.05, 4.69) is 32.1 Å². The summed E-state index contributed by atoms with van der Waals surface area (Å²) in [6, 6.07) is 10.5. The van der Waals surface area contributed by atoms with Gasteiger partial charge in [-0.3, -0.25) is 10.2 Å². The summed E-state index contributed by atoms with van der Waals surface area (Å²) in [6.07, 6.45) is 0. The molecule has 2 aromatic carbocycles. The van der Waals surface area contributed by atoms with Crippen LogP contribution in [0.5, 0.6) is 5.75 Å². The molecular weight excluding hydrogens is 418 g/mol. The van der Waals surface area contributed by atoms with Crippen molar-refractivity contribution in [2.75, 3.05) is 18.2 Å². The van der Waals surface area contributed by atoms with Gasteiger partial charge in [-0.1, -0.05) is 28.1 Å². The van der Waals surface area contributed by atoms with Crippen LogP contribution in [0.4, 0.5) is 10.5 Å². The van der Waals surface area contributed by atoms with Gasteiger partial charge in [-0.25, -0.2) is 10.2 Å². The highest BCUT2D eigenvalue weighted by atomic mass is 79.9. The summed E-state index contributed by atoms with van der Waals surface area (Å²) in [6.45, 7) is 3.99. The van der Waals surface area contributed by atoms with E-state index in [0.717, 1.165) is 20.5 Å². The number of para-hydroxylation sites is 2. The quantitative estimate of drug-likeness (QED) is 0.487. The molecule has 0 saturated heterocycles. The fourth-order valence-corrected chi connectivity index (χ4v) is 3.48. The molecule has 0 spiro atoms. The third kappa shape index (κ3) is 5.67. The molecule has 0 unspecified atom stereocenters. The normalized spacial score (nSPS) is 10.2. The first-order valence-corrected chi connectivity index (χ1v) is 9.57. The number of carbonyl (C=O) groups excluding carboxylic acids is 2. The molecule has 6 nitrogen and oxygen atoms in total. The maximum Gasteiger partial charge on any atom is 0.338 e. The molecule has 0 aliphatic heterocycles. The van der Waals surface area contributed by atoms with Crippen molar-refractivity contribution in [2.45, 2.75) is 18.7 Å². The first kappa shape index (κ1) is 20.1. The van der Waals surface area contributed by atoms with E-state index in [4.69, 9.17) is 4.74 Å². The number of amides is 3. The molecule has 3 amide bonds. The second kappa shape index (κ2) is 9.49. The molecule has 0 saturated carbocycles. The molecule has 138 valence electrons. The molecule has 8 heteroatoms. The number of anilines is 1. The maximum absolute atomic E-state index is 12.0. The highest BCUT2D eigenvalue weighted by Gasteiger charge is 2.10. The van der Waals surface area contributed by atoms with Gasteiger partial charge in [0.1, 0.15) is 5.75 Å². The molecule has 26 heavy (non-hydrogen) atoms. The van der Waals surface area contributed by atoms with Gasteiger partial charge in [0.25, 0.3) is 0 Å². The highest BCUT2D eigenvalue weighted by molar-refractivity contribution is 9.10. The molecule has 0 atom stereocenters. The molecule has 2 aromatic rings. The summed E-state index contributed by atoms with van der Waals surface area (Å²) in [5.74, 6) is 0.424. The Morgan fingerprint density at radius 3 is 2.58 bits per heavy atom. The van der Waals surface area contributed by atoms with Crippen molar-refractivity contribution in [3.05, 3.63) is 52.0 Å². The zero-order chi connectivity index (χ0) is 19.1. The predicted molar refractivity (Wildman–Crippen MR) is 108 cm³/mol. The minimum atomic E-state index is -0.552. The van der Waals surface area contributed by atoms with Crippen LogP contribution in [-0.4, -0.2) is 24.8 Å². The van der Waals surface area contributed by atoms with Gasteiger partial charge >= 0.3 is 6.03 Å². The van der Waals surface area contributed by atoms with Gasteiger partial charge < -0.3 is 10.1 Å². The number of hydrogen-bond acceptors (Lipinski definition) is 4. The van der Waals surface area contributed by atoms with Gasteiger partial charge in [-0.2, -0.15) is 0 Å². The van der Waals surface area contributed by atoms with Crippen LogP contribution in [0.15, 0.2) is 45.8 Å². The number of rotatable bonds is 5. The number of hydrogen-bond donors (Lipinski definition) is 3. The Hall–Kier alpha value is -2.19. The number of methoxy groups -OCH3 is 1. The number of halogens is 1. The first-order valence-electron chi connectivity index (χ1n) is 7.79. The summed E-state index contributed by atoms with van der Waals surface area (Å²) < 4.78 is 6.19. The molecule has 0 aromatic heterocycles. The van der Waals surface area contributed by atoms with Crippen LogP contribution in [0, 0.1) is 13.8 Å². The van der Waals surface area contributed by atoms with Crippen molar-refractivity contribution in [1.29, 1.82) is 0 Å². The Balaban J connectivity index is 1.81. The SMILES string of the molecule is COc1ccccc1NC(=O)NNC(=O)CSc1cc(C)c(Br)cc1C. The van der Waals surface area contributed by atoms with Crippen LogP contribution in [0.2, 0.25) is 0 Å². The minimum absolute atomic E-state index is 0.191. The highest BCUT2D eigenvalue weighted by Crippen LogP contribution is 2.28. The van der Waals surface area contributed by atoms with E-state index in [-0.39, 0.29) is 11.7 Å². The van der Waals surface area contributed by atoms with Crippen molar-refractivity contribution in [2.24, 2.45) is 0 Å². The van der Waals surface area contributed by atoms with Crippen molar-refractivity contribution < 1.29 is 14.3 Å². The molecule has 0 aliphatic rings. The summed E-state index contributed by atoms with van der Waals surface area (Å²) in [5, 5.41) is 2.61. The maximum atomic E-state index is 12.0. The fourth-order valence-electron chi connectivity index (χ4n) is 2.12. The number of hydrazine groups is 1. The summed E-state index contributed by atoms with van der Waals surface area (Å²) in [7, 11) is 1.52. The van der Waals surface area contributed by atoms with Gasteiger partial charge in [0.15, 0.2) is 0 Å². The van der Waals surface area contributed by atoms with E-state index in [1.165, 1.54) is 18.9 Å². The average molecular weight is 438 g/mol. The van der Waals surface area contributed by atoms with E-state index in [1.54, 1.807) is 24.3 Å². The van der Waals surface area contributed by atoms with Crippen molar-refractivity contribution in [3.63, 3.8) is 0 Å². The Morgan fingerprint density at radius 1 is 1.12 bits per heavy atom. The van der Waals surface area contributed by atoms with Gasteiger partial charge in [-0.05, 0) is 49.2 Å². The lowest BCUT2D eigenvalue weighted by atomic mass is 10.2. The molecule has 0 aliphatic carbocycles. The number of benzene rings is 2. The van der Waals surface area contributed by atoms with E-state index < -0.39 is 6.03 Å². The van der Waals surface area contributed by atoms with Gasteiger partial charge in [-0.15, -0.1) is 11.8 Å². The lowest BCUT2D eigenvalue weighted by molar-refractivity contribution is -0.119. The third-order valence-corrected chi connectivity index (χ3v) is 5.50. The van der Waals surface area contributed by atoms with Crippen molar-refractivity contribution in [3.8, 4) is 5.75 Å². The average Bonchev–Trinajstić information content (AvgIpc) is 2.62. The second-order valence-electron chi connectivity index (χ2n) is 5.48. The zero-order valence-corrected chi connectivity index (χ0v) is 17.1. The van der Waals surface area contributed by atoms with Crippen LogP contribution in [-0.2, 0) is 4.79 Å². The number of carbonyl (C=O) groups is 2. The number of thioether (sulfide) groups is 1. The Morgan fingerprint density at radius 2 is 1.85 bits per heavy atom. The number of nitrogens with one attached hydrogen (secondary N) is 3. The Kier molecular flexibility index (Phi) is 7.35. The van der Waals surface area contributed by atoms with Crippen molar-refractivity contribution >= 4 is 45.3 Å². The summed E-state index contributed by atoms with van der Waals surface area (Å²) >= 11 is 4.90. The fraction of sp³-hybridized carbons (Fsp3) is 0.222. The van der Waals surface area contributed by atoms with E-state index >= 15 is 0 Å². The van der Waals surface area contributed by atoms with Gasteiger partial charge in [0.05, 0.1) is 18.6 Å². The third-order valence-electron chi connectivity index (χ3n) is 3.49. The topological polar surface area (TPSA) is 79.5 Å². The number of urea groups is 1. The molecule has 0 fully saturated rings. The van der Waals surface area contributed by atoms with Crippen LogP contribution < -0.4 is 20.9 Å². The molecule has 2 rings (SSSR count). The minimum Gasteiger partial charge on any atom is -0.495 e. The standard InChI is InChI=1S/C18H20BrN3O3S/c1-11-9-16(12(2)8-13(11)19)26-10-17(23)21-22-18(24)20-14-6-4-5-7-15(14)25-3/h4-9H,10H2,1-3H3,(H,21,23)(H2,20,22,24). The zero-order valence-electron chi connectivity index (χ0n) is 14.7. The second-order valence-corrected chi connectivity index (χ2v) is 7.35. The number of ether oxygens (including phenoxy) is 1. The van der Waals surface area contributed by atoms with E-state index in [0.29, 0.717) is 11.4 Å². The number of aryl methyl sites for hydroxylation is 2. The van der Waals surface area contributed by atoms with E-state index in [9.17, 15) is 9.59 Å². The molecule has 0 bridgehead atoms. The van der Waals surface area contributed by atoms with Crippen LogP contribution in [0.3, 0.4) is 0 Å². The Bertz CT molecular complexity index is 814. The lowest BCUT2D eigenvalue weighted by Crippen LogP contribution is -2.44. The molecular formula is C18H20BrN3O3S. The van der Waals surface area contributed by atoms with Crippen LogP contribution in [0.25, 0.3) is 0 Å². The first-order chi connectivity index (χ1) is 12.4. The summed E-state index contributed by atoms with van der Waals surface area (Å²) in [4.78, 5) is 24.9. The predicted octanol–water partition coefficient (Wildman–Crippen LogP) is 4.02. The Labute approximate surface area is 165 Å². The largest absolute Gasteiger partial charge is 0.495 e.